The Balaban J connectivity index is 1.33. The second-order valence-corrected chi connectivity index (χ2v) is 11.6. The molecule has 0 saturated heterocycles. The fraction of sp³-hybridized carbons (Fsp3) is 0.235. The number of aromatic amines is 2. The van der Waals surface area contributed by atoms with Gasteiger partial charge in [-0.3, -0.25) is 14.9 Å². The average molecular weight is 592 g/mol. The predicted molar refractivity (Wildman–Crippen MR) is 172 cm³/mol. The molecular formula is C34H34FN7O2. The van der Waals surface area contributed by atoms with Gasteiger partial charge in [-0.25, -0.2) is 9.37 Å². The molecule has 0 unspecified atom stereocenters. The SMILES string of the molecule is CC(C)CC(=O)Nc1cncc(-c2ccc3[nH]nc(-c4cc5c(-c6cc(F)cc(OCCN(C)C)c6)ccnc5[nH]4)c3c2)c1. The number of pyridine rings is 2. The number of halogens is 1. The minimum absolute atomic E-state index is 0.0374. The molecule has 0 atom stereocenters. The molecule has 0 aliphatic heterocycles. The molecule has 3 N–H and O–H groups in total. The van der Waals surface area contributed by atoms with E-state index >= 15 is 0 Å². The van der Waals surface area contributed by atoms with Crippen molar-refractivity contribution in [3.05, 3.63) is 79.0 Å². The summed E-state index contributed by atoms with van der Waals surface area (Å²) in [6, 6.07) is 16.6. The van der Waals surface area contributed by atoms with Gasteiger partial charge in [0.25, 0.3) is 0 Å². The molecule has 224 valence electrons. The number of carbonyl (C=O) groups is 1. The lowest BCUT2D eigenvalue weighted by Crippen LogP contribution is -2.19. The van der Waals surface area contributed by atoms with Gasteiger partial charge in [0.15, 0.2) is 0 Å². The first kappa shape index (κ1) is 29.0. The lowest BCUT2D eigenvalue weighted by Gasteiger charge is -2.12. The van der Waals surface area contributed by atoms with Gasteiger partial charge in [-0.05, 0) is 79.2 Å². The molecule has 1 amide bonds. The molecule has 0 bridgehead atoms. The van der Waals surface area contributed by atoms with Gasteiger partial charge in [-0.2, -0.15) is 5.10 Å². The topological polar surface area (TPSA) is 112 Å². The van der Waals surface area contributed by atoms with Crippen molar-refractivity contribution in [3.8, 4) is 39.4 Å². The van der Waals surface area contributed by atoms with Crippen molar-refractivity contribution >= 4 is 33.5 Å². The maximum Gasteiger partial charge on any atom is 0.224 e. The van der Waals surface area contributed by atoms with Crippen LogP contribution in [0.3, 0.4) is 0 Å². The van der Waals surface area contributed by atoms with E-state index in [-0.39, 0.29) is 17.6 Å². The summed E-state index contributed by atoms with van der Waals surface area (Å²) in [4.78, 5) is 26.6. The van der Waals surface area contributed by atoms with Crippen molar-refractivity contribution < 1.29 is 13.9 Å². The van der Waals surface area contributed by atoms with Crippen molar-refractivity contribution in [2.75, 3.05) is 32.6 Å². The third-order valence-corrected chi connectivity index (χ3v) is 7.29. The van der Waals surface area contributed by atoms with E-state index in [0.717, 1.165) is 50.9 Å². The summed E-state index contributed by atoms with van der Waals surface area (Å²) in [5.41, 5.74) is 7.02. The Labute approximate surface area is 254 Å². The predicted octanol–water partition coefficient (Wildman–Crippen LogP) is 6.90. The molecule has 2 aromatic carbocycles. The van der Waals surface area contributed by atoms with Crippen molar-refractivity contribution in [1.29, 1.82) is 0 Å². The van der Waals surface area contributed by atoms with Crippen LogP contribution < -0.4 is 10.1 Å². The number of anilines is 1. The van der Waals surface area contributed by atoms with E-state index in [1.807, 2.05) is 69.2 Å². The third kappa shape index (κ3) is 6.30. The van der Waals surface area contributed by atoms with E-state index in [0.29, 0.717) is 35.7 Å². The number of nitrogens with zero attached hydrogens (tertiary/aromatic N) is 4. The van der Waals surface area contributed by atoms with Gasteiger partial charge in [0, 0.05) is 47.8 Å². The number of carbonyl (C=O) groups excluding carboxylic acids is 1. The van der Waals surface area contributed by atoms with Gasteiger partial charge in [-0.15, -0.1) is 0 Å². The zero-order chi connectivity index (χ0) is 30.8. The van der Waals surface area contributed by atoms with E-state index in [9.17, 15) is 9.18 Å². The van der Waals surface area contributed by atoms with E-state index in [1.165, 1.54) is 12.1 Å². The number of likely N-dealkylation sites (N-methyl/N-ethyl adjacent to an activating group) is 1. The van der Waals surface area contributed by atoms with Gasteiger partial charge < -0.3 is 19.9 Å². The number of H-pyrrole nitrogens is 2. The maximum atomic E-state index is 14.7. The first-order valence-electron chi connectivity index (χ1n) is 14.5. The number of amides is 1. The second-order valence-electron chi connectivity index (χ2n) is 11.6. The Bertz CT molecular complexity index is 1960. The number of fused-ring (bicyclic) bond motifs is 2. The number of aromatic nitrogens is 5. The number of rotatable bonds is 10. The number of benzene rings is 2. The Hall–Kier alpha value is -5.09. The van der Waals surface area contributed by atoms with Crippen LogP contribution in [0, 0.1) is 11.7 Å². The third-order valence-electron chi connectivity index (χ3n) is 7.29. The van der Waals surface area contributed by atoms with Gasteiger partial charge >= 0.3 is 0 Å². The quantitative estimate of drug-likeness (QED) is 0.160. The molecule has 0 fully saturated rings. The van der Waals surface area contributed by atoms with Gasteiger partial charge in [0.2, 0.25) is 5.91 Å². The Kier molecular flexibility index (Phi) is 8.08. The van der Waals surface area contributed by atoms with Crippen molar-refractivity contribution in [2.45, 2.75) is 20.3 Å². The van der Waals surface area contributed by atoms with Crippen LogP contribution in [0.25, 0.3) is 55.6 Å². The van der Waals surface area contributed by atoms with E-state index < -0.39 is 0 Å². The lowest BCUT2D eigenvalue weighted by molar-refractivity contribution is -0.116. The molecule has 4 aromatic heterocycles. The number of hydrogen-bond donors (Lipinski definition) is 3. The van der Waals surface area contributed by atoms with Crippen LogP contribution in [0.5, 0.6) is 5.75 Å². The fourth-order valence-electron chi connectivity index (χ4n) is 5.20. The van der Waals surface area contributed by atoms with Crippen LogP contribution in [0.1, 0.15) is 20.3 Å². The number of ether oxygens (including phenoxy) is 1. The van der Waals surface area contributed by atoms with Crippen molar-refractivity contribution in [1.82, 2.24) is 30.0 Å². The monoisotopic (exact) mass is 591 g/mol. The molecule has 0 saturated carbocycles. The van der Waals surface area contributed by atoms with E-state index in [4.69, 9.17) is 4.74 Å². The normalized spacial score (nSPS) is 11.6. The van der Waals surface area contributed by atoms with Crippen LogP contribution in [0.15, 0.2) is 73.2 Å². The highest BCUT2D eigenvalue weighted by atomic mass is 19.1. The maximum absolute atomic E-state index is 14.7. The lowest BCUT2D eigenvalue weighted by atomic mass is 10.0. The van der Waals surface area contributed by atoms with Crippen LogP contribution in [-0.4, -0.2) is 63.2 Å². The molecule has 10 heteroatoms. The Morgan fingerprint density at radius 3 is 2.68 bits per heavy atom. The summed E-state index contributed by atoms with van der Waals surface area (Å²) in [6.45, 7) is 5.20. The zero-order valence-corrected chi connectivity index (χ0v) is 25.1. The summed E-state index contributed by atoms with van der Waals surface area (Å²) < 4.78 is 20.5. The largest absolute Gasteiger partial charge is 0.492 e. The molecule has 44 heavy (non-hydrogen) atoms. The van der Waals surface area contributed by atoms with Crippen LogP contribution >= 0.6 is 0 Å². The number of hydrogen-bond acceptors (Lipinski definition) is 6. The van der Waals surface area contributed by atoms with Crippen LogP contribution in [0.2, 0.25) is 0 Å². The summed E-state index contributed by atoms with van der Waals surface area (Å²) in [5.74, 6) is 0.338. The molecule has 0 radical (unpaired) electrons. The van der Waals surface area contributed by atoms with Crippen molar-refractivity contribution in [3.63, 3.8) is 0 Å². The number of nitrogens with one attached hydrogen (secondary N) is 3. The highest BCUT2D eigenvalue weighted by Crippen LogP contribution is 2.36. The highest BCUT2D eigenvalue weighted by Gasteiger charge is 2.16. The minimum Gasteiger partial charge on any atom is -0.492 e. The van der Waals surface area contributed by atoms with Crippen LogP contribution in [-0.2, 0) is 4.79 Å². The van der Waals surface area contributed by atoms with E-state index in [2.05, 4.69) is 36.5 Å². The Morgan fingerprint density at radius 1 is 1.00 bits per heavy atom. The molecule has 6 aromatic rings. The molecule has 0 aliphatic rings. The van der Waals surface area contributed by atoms with Gasteiger partial charge in [0.1, 0.15) is 29.5 Å². The molecule has 4 heterocycles. The first-order chi connectivity index (χ1) is 21.2. The first-order valence-corrected chi connectivity index (χ1v) is 14.5. The standard InChI is InChI=1S/C34H34FN7O2/c1-20(2)11-32(43)38-25-13-23(18-36-19-25)21-5-6-30-29(15-21)33(41-40-30)31-17-28-27(7-8-37-34(28)39-31)22-12-24(35)16-26(14-22)44-10-9-42(3)4/h5-8,12-20H,9-11H2,1-4H3,(H,37,39)(H,38,43)(H,40,41). The fourth-order valence-corrected chi connectivity index (χ4v) is 5.20. The molecule has 0 spiro atoms. The highest BCUT2D eigenvalue weighted by molar-refractivity contribution is 6.01. The van der Waals surface area contributed by atoms with Gasteiger partial charge in [0.05, 0.1) is 23.1 Å². The zero-order valence-electron chi connectivity index (χ0n) is 25.1. The minimum atomic E-state index is -0.369. The smallest absolute Gasteiger partial charge is 0.224 e. The van der Waals surface area contributed by atoms with E-state index in [1.54, 1.807) is 18.6 Å². The summed E-state index contributed by atoms with van der Waals surface area (Å²) >= 11 is 0. The second kappa shape index (κ2) is 12.3. The molecule has 9 nitrogen and oxygen atoms in total. The molecule has 6 rings (SSSR count). The average Bonchev–Trinajstić information content (AvgIpc) is 3.60. The van der Waals surface area contributed by atoms with Crippen LogP contribution in [0.4, 0.5) is 10.1 Å². The van der Waals surface area contributed by atoms with Crippen molar-refractivity contribution in [2.24, 2.45) is 5.92 Å². The summed E-state index contributed by atoms with van der Waals surface area (Å²) in [5, 5.41) is 12.4. The molecule has 0 aliphatic carbocycles. The molecular weight excluding hydrogens is 557 g/mol. The summed E-state index contributed by atoms with van der Waals surface area (Å²) in [7, 11) is 3.93. The Morgan fingerprint density at radius 2 is 1.86 bits per heavy atom. The van der Waals surface area contributed by atoms with Gasteiger partial charge in [-0.1, -0.05) is 19.9 Å². The summed E-state index contributed by atoms with van der Waals surface area (Å²) in [6.07, 6.45) is 5.57.